The summed E-state index contributed by atoms with van der Waals surface area (Å²) < 4.78 is 1.70. The molecular weight excluding hydrogens is 266 g/mol. The van der Waals surface area contributed by atoms with Crippen LogP contribution in [0.25, 0.3) is 0 Å². The number of hydrogen-bond donors (Lipinski definition) is 2. The number of aliphatic hydroxyl groups excluding tert-OH is 1. The van der Waals surface area contributed by atoms with Crippen molar-refractivity contribution in [3.63, 3.8) is 0 Å². The van der Waals surface area contributed by atoms with Gasteiger partial charge in [-0.05, 0) is 39.1 Å². The standard InChI is InChI=1S/C15H31N5O/c1-4-18(5-2)8-7-9-19(6-3)12-15(21)13-20-11-14(16)10-17-20/h10-11,15,21H,4-9,12-13,16H2,1-3H3. The predicted octanol–water partition coefficient (Wildman–Crippen LogP) is 0.880. The molecule has 122 valence electrons. The van der Waals surface area contributed by atoms with Crippen molar-refractivity contribution in [1.29, 1.82) is 0 Å². The normalized spacial score (nSPS) is 13.2. The van der Waals surface area contributed by atoms with Crippen LogP contribution in [0.15, 0.2) is 12.4 Å². The first-order valence-corrected chi connectivity index (χ1v) is 7.99. The molecule has 1 atom stereocenters. The van der Waals surface area contributed by atoms with Crippen LogP contribution < -0.4 is 5.73 Å². The summed E-state index contributed by atoms with van der Waals surface area (Å²) >= 11 is 0. The molecule has 3 N–H and O–H groups in total. The van der Waals surface area contributed by atoms with Gasteiger partial charge >= 0.3 is 0 Å². The lowest BCUT2D eigenvalue weighted by Gasteiger charge is -2.25. The Balaban J connectivity index is 2.28. The summed E-state index contributed by atoms with van der Waals surface area (Å²) in [5.41, 5.74) is 6.26. The molecule has 0 aliphatic heterocycles. The Morgan fingerprint density at radius 2 is 1.81 bits per heavy atom. The number of anilines is 1. The first kappa shape index (κ1) is 17.9. The summed E-state index contributed by atoms with van der Waals surface area (Å²) in [4.78, 5) is 4.72. The molecule has 1 unspecified atom stereocenters. The van der Waals surface area contributed by atoms with E-state index < -0.39 is 6.10 Å². The highest BCUT2D eigenvalue weighted by atomic mass is 16.3. The number of nitrogens with zero attached hydrogens (tertiary/aromatic N) is 4. The third kappa shape index (κ3) is 6.93. The molecule has 1 aromatic heterocycles. The highest BCUT2D eigenvalue weighted by Crippen LogP contribution is 2.02. The van der Waals surface area contributed by atoms with Gasteiger partial charge in [0.15, 0.2) is 0 Å². The molecule has 0 aliphatic rings. The van der Waals surface area contributed by atoms with Crippen molar-refractivity contribution < 1.29 is 5.11 Å². The number of aromatic nitrogens is 2. The van der Waals surface area contributed by atoms with Crippen molar-refractivity contribution in [1.82, 2.24) is 19.6 Å². The van der Waals surface area contributed by atoms with Crippen molar-refractivity contribution >= 4 is 5.69 Å². The van der Waals surface area contributed by atoms with Gasteiger partial charge in [-0.15, -0.1) is 0 Å². The monoisotopic (exact) mass is 297 g/mol. The molecule has 0 amide bonds. The van der Waals surface area contributed by atoms with Crippen LogP contribution in [0.5, 0.6) is 0 Å². The van der Waals surface area contributed by atoms with E-state index in [-0.39, 0.29) is 0 Å². The van der Waals surface area contributed by atoms with E-state index in [0.29, 0.717) is 18.8 Å². The van der Waals surface area contributed by atoms with Gasteiger partial charge in [0.05, 0.1) is 24.5 Å². The summed E-state index contributed by atoms with van der Waals surface area (Å²) in [6, 6.07) is 0. The summed E-state index contributed by atoms with van der Waals surface area (Å²) in [5, 5.41) is 14.3. The van der Waals surface area contributed by atoms with Gasteiger partial charge in [-0.2, -0.15) is 5.10 Å². The molecule has 1 rings (SSSR count). The van der Waals surface area contributed by atoms with Crippen molar-refractivity contribution in [2.24, 2.45) is 0 Å². The maximum atomic E-state index is 10.2. The Morgan fingerprint density at radius 1 is 1.19 bits per heavy atom. The second-order valence-electron chi connectivity index (χ2n) is 5.42. The molecule has 6 nitrogen and oxygen atoms in total. The number of nitrogen functional groups attached to an aromatic ring is 1. The minimum absolute atomic E-state index is 0.419. The summed E-state index contributed by atoms with van der Waals surface area (Å²) in [5.74, 6) is 0. The first-order chi connectivity index (χ1) is 10.1. The molecule has 0 saturated carbocycles. The Bertz CT molecular complexity index is 378. The zero-order valence-electron chi connectivity index (χ0n) is 13.7. The second kappa shape index (κ2) is 9.76. The van der Waals surface area contributed by atoms with Crippen LogP contribution in [-0.2, 0) is 6.54 Å². The summed E-state index contributed by atoms with van der Waals surface area (Å²) in [7, 11) is 0. The summed E-state index contributed by atoms with van der Waals surface area (Å²) in [6.07, 6.45) is 4.07. The second-order valence-corrected chi connectivity index (χ2v) is 5.42. The van der Waals surface area contributed by atoms with Gasteiger partial charge in [-0.25, -0.2) is 0 Å². The molecule has 21 heavy (non-hydrogen) atoms. The number of aliphatic hydroxyl groups is 1. The van der Waals surface area contributed by atoms with Crippen LogP contribution in [0.4, 0.5) is 5.69 Å². The molecule has 0 radical (unpaired) electrons. The van der Waals surface area contributed by atoms with E-state index in [9.17, 15) is 5.11 Å². The largest absolute Gasteiger partial charge is 0.396 e. The van der Waals surface area contributed by atoms with Crippen LogP contribution in [0.1, 0.15) is 27.2 Å². The minimum Gasteiger partial charge on any atom is -0.396 e. The van der Waals surface area contributed by atoms with Gasteiger partial charge in [0.1, 0.15) is 0 Å². The maximum Gasteiger partial charge on any atom is 0.0862 e. The summed E-state index contributed by atoms with van der Waals surface area (Å²) in [6.45, 7) is 13.0. The quantitative estimate of drug-likeness (QED) is 0.634. The lowest BCUT2D eigenvalue weighted by molar-refractivity contribution is 0.0949. The van der Waals surface area contributed by atoms with Crippen LogP contribution in [0, 0.1) is 0 Å². The molecule has 0 aliphatic carbocycles. The van der Waals surface area contributed by atoms with Gasteiger partial charge in [-0.1, -0.05) is 20.8 Å². The van der Waals surface area contributed by atoms with Gasteiger partial charge in [0, 0.05) is 12.7 Å². The van der Waals surface area contributed by atoms with E-state index in [1.54, 1.807) is 17.1 Å². The Labute approximate surface area is 128 Å². The Hall–Kier alpha value is -1.11. The molecule has 1 aromatic rings. The van der Waals surface area contributed by atoms with E-state index in [1.165, 1.54) is 0 Å². The Morgan fingerprint density at radius 3 is 2.33 bits per heavy atom. The van der Waals surface area contributed by atoms with Gasteiger partial charge in [-0.3, -0.25) is 4.68 Å². The molecule has 0 fully saturated rings. The highest BCUT2D eigenvalue weighted by Gasteiger charge is 2.12. The molecule has 0 bridgehead atoms. The highest BCUT2D eigenvalue weighted by molar-refractivity contribution is 5.30. The van der Waals surface area contributed by atoms with Crippen molar-refractivity contribution in [3.8, 4) is 0 Å². The molecular formula is C15H31N5O. The predicted molar refractivity (Wildman–Crippen MR) is 87.2 cm³/mol. The molecule has 6 heteroatoms. The van der Waals surface area contributed by atoms with E-state index in [0.717, 1.165) is 39.1 Å². The lowest BCUT2D eigenvalue weighted by Crippen LogP contribution is -2.36. The maximum absolute atomic E-state index is 10.2. The molecule has 0 spiro atoms. The fourth-order valence-electron chi connectivity index (χ4n) is 2.49. The molecule has 0 saturated heterocycles. The van der Waals surface area contributed by atoms with Gasteiger partial charge in [0.2, 0.25) is 0 Å². The Kier molecular flexibility index (Phi) is 8.34. The van der Waals surface area contributed by atoms with Gasteiger partial charge in [0.25, 0.3) is 0 Å². The fourth-order valence-corrected chi connectivity index (χ4v) is 2.49. The molecule has 1 heterocycles. The van der Waals surface area contributed by atoms with Crippen LogP contribution >= 0.6 is 0 Å². The number of likely N-dealkylation sites (N-methyl/N-ethyl adjacent to an activating group) is 1. The average Bonchev–Trinajstić information content (AvgIpc) is 2.87. The SMILES string of the molecule is CCN(CC)CCCN(CC)CC(O)Cn1cc(N)cn1. The van der Waals surface area contributed by atoms with Crippen LogP contribution in [-0.4, -0.2) is 70.1 Å². The van der Waals surface area contributed by atoms with Crippen molar-refractivity contribution in [3.05, 3.63) is 12.4 Å². The van der Waals surface area contributed by atoms with Crippen molar-refractivity contribution in [2.75, 3.05) is 45.0 Å². The van der Waals surface area contributed by atoms with E-state index in [2.05, 4.69) is 35.7 Å². The lowest BCUT2D eigenvalue weighted by atomic mass is 10.3. The number of hydrogen-bond acceptors (Lipinski definition) is 5. The minimum atomic E-state index is -0.419. The zero-order valence-corrected chi connectivity index (χ0v) is 13.7. The topological polar surface area (TPSA) is 70.5 Å². The van der Waals surface area contributed by atoms with Crippen molar-refractivity contribution in [2.45, 2.75) is 39.8 Å². The zero-order chi connectivity index (χ0) is 15.7. The molecule has 0 aromatic carbocycles. The van der Waals surface area contributed by atoms with E-state index >= 15 is 0 Å². The van der Waals surface area contributed by atoms with Gasteiger partial charge < -0.3 is 20.6 Å². The third-order valence-electron chi connectivity index (χ3n) is 3.81. The first-order valence-electron chi connectivity index (χ1n) is 7.99. The fraction of sp³-hybridized carbons (Fsp3) is 0.800. The van der Waals surface area contributed by atoms with E-state index in [1.807, 2.05) is 0 Å². The number of rotatable bonds is 11. The smallest absolute Gasteiger partial charge is 0.0862 e. The van der Waals surface area contributed by atoms with E-state index in [4.69, 9.17) is 5.73 Å². The average molecular weight is 297 g/mol. The van der Waals surface area contributed by atoms with Crippen LogP contribution in [0.2, 0.25) is 0 Å². The third-order valence-corrected chi connectivity index (χ3v) is 3.81. The van der Waals surface area contributed by atoms with Crippen LogP contribution in [0.3, 0.4) is 0 Å². The number of nitrogens with two attached hydrogens (primary N) is 1.